The molecule has 0 saturated heterocycles. The Kier molecular flexibility index (Phi) is 5.56. The summed E-state index contributed by atoms with van der Waals surface area (Å²) in [6.45, 7) is 4.65. The van der Waals surface area contributed by atoms with E-state index in [4.69, 9.17) is 0 Å². The van der Waals surface area contributed by atoms with Crippen molar-refractivity contribution in [3.63, 3.8) is 0 Å². The summed E-state index contributed by atoms with van der Waals surface area (Å²) in [6, 6.07) is 9.84. The number of hydrogen-bond acceptors (Lipinski definition) is 2. The molecule has 0 saturated carbocycles. The second-order valence-electron chi connectivity index (χ2n) is 5.14. The van der Waals surface area contributed by atoms with E-state index in [1.807, 2.05) is 37.3 Å². The van der Waals surface area contributed by atoms with Gasteiger partial charge in [-0.2, -0.15) is 5.10 Å². The molecular weight excluding hydrogens is 330 g/mol. The van der Waals surface area contributed by atoms with Gasteiger partial charge in [0.05, 0.1) is 12.7 Å². The van der Waals surface area contributed by atoms with Crippen LogP contribution in [0.5, 0.6) is 0 Å². The van der Waals surface area contributed by atoms with Crippen molar-refractivity contribution in [2.24, 2.45) is 5.92 Å². The number of nitrogens with one attached hydrogen (secondary N) is 1. The van der Waals surface area contributed by atoms with Crippen LogP contribution in [0.3, 0.4) is 0 Å². The first kappa shape index (κ1) is 15.8. The van der Waals surface area contributed by atoms with Gasteiger partial charge in [-0.15, -0.1) is 0 Å². The fourth-order valence-electron chi connectivity index (χ4n) is 2.17. The molecule has 0 bridgehead atoms. The predicted molar refractivity (Wildman–Crippen MR) is 88.2 cm³/mol. The van der Waals surface area contributed by atoms with Gasteiger partial charge in [0.2, 0.25) is 5.91 Å². The summed E-state index contributed by atoms with van der Waals surface area (Å²) in [5.74, 6) is 0.797. The minimum Gasteiger partial charge on any atom is -0.311 e. The van der Waals surface area contributed by atoms with Crippen LogP contribution >= 0.6 is 15.9 Å². The summed E-state index contributed by atoms with van der Waals surface area (Å²) in [7, 11) is 0. The molecule has 2 rings (SSSR count). The Morgan fingerprint density at radius 2 is 2.14 bits per heavy atom. The van der Waals surface area contributed by atoms with E-state index in [0.717, 1.165) is 28.7 Å². The van der Waals surface area contributed by atoms with Crippen molar-refractivity contribution >= 4 is 27.7 Å². The number of halogens is 1. The maximum absolute atomic E-state index is 12.1. The molecule has 1 aromatic carbocycles. The second kappa shape index (κ2) is 7.41. The Bertz CT molecular complexity index is 609. The molecule has 0 radical (unpaired) electrons. The smallest absolute Gasteiger partial charge is 0.228 e. The Hall–Kier alpha value is -1.62. The van der Waals surface area contributed by atoms with Gasteiger partial charge in [-0.05, 0) is 18.1 Å². The fraction of sp³-hybridized carbons (Fsp3) is 0.375. The molecule has 1 heterocycles. The lowest BCUT2D eigenvalue weighted by molar-refractivity contribution is -0.119. The lowest BCUT2D eigenvalue weighted by atomic mass is 10.1. The van der Waals surface area contributed by atoms with Crippen molar-refractivity contribution < 1.29 is 4.79 Å². The maximum atomic E-state index is 12.1. The van der Waals surface area contributed by atoms with E-state index in [9.17, 15) is 4.79 Å². The minimum absolute atomic E-state index is 0.0156. The van der Waals surface area contributed by atoms with E-state index < -0.39 is 0 Å². The van der Waals surface area contributed by atoms with Crippen LogP contribution < -0.4 is 5.32 Å². The molecule has 0 aliphatic carbocycles. The van der Waals surface area contributed by atoms with Gasteiger partial charge in [-0.1, -0.05) is 54.4 Å². The summed E-state index contributed by atoms with van der Waals surface area (Å²) in [6.07, 6.45) is 3.60. The highest BCUT2D eigenvalue weighted by Gasteiger charge is 2.14. The van der Waals surface area contributed by atoms with Gasteiger partial charge in [-0.3, -0.25) is 4.79 Å². The van der Waals surface area contributed by atoms with E-state index in [1.165, 1.54) is 0 Å². The molecule has 21 heavy (non-hydrogen) atoms. The van der Waals surface area contributed by atoms with E-state index in [2.05, 4.69) is 33.3 Å². The van der Waals surface area contributed by atoms with Crippen molar-refractivity contribution in [2.75, 3.05) is 5.32 Å². The van der Waals surface area contributed by atoms with Crippen LogP contribution in [-0.2, 0) is 11.3 Å². The highest BCUT2D eigenvalue weighted by molar-refractivity contribution is 9.10. The maximum Gasteiger partial charge on any atom is 0.228 e. The topological polar surface area (TPSA) is 46.9 Å². The van der Waals surface area contributed by atoms with Crippen LogP contribution in [-0.4, -0.2) is 15.7 Å². The molecule has 1 unspecified atom stereocenters. The quantitative estimate of drug-likeness (QED) is 0.854. The van der Waals surface area contributed by atoms with Crippen LogP contribution in [0.2, 0.25) is 0 Å². The lowest BCUT2D eigenvalue weighted by Crippen LogP contribution is -2.22. The normalized spacial score (nSPS) is 12.1. The summed E-state index contributed by atoms with van der Waals surface area (Å²) in [4.78, 5) is 12.1. The van der Waals surface area contributed by atoms with Crippen LogP contribution in [0.25, 0.3) is 0 Å². The number of carbonyl (C=O) groups excluding carboxylic acids is 1. The molecule has 4 nitrogen and oxygen atoms in total. The molecule has 0 fully saturated rings. The van der Waals surface area contributed by atoms with Crippen molar-refractivity contribution in [3.8, 4) is 0 Å². The van der Waals surface area contributed by atoms with Crippen LogP contribution in [0.1, 0.15) is 32.3 Å². The number of rotatable bonds is 6. The number of carbonyl (C=O) groups is 1. The number of anilines is 1. The van der Waals surface area contributed by atoms with Gasteiger partial charge in [0.25, 0.3) is 0 Å². The first-order valence-electron chi connectivity index (χ1n) is 7.18. The third-order valence-corrected chi connectivity index (χ3v) is 4.19. The SMILES string of the molecule is CCCC(C)C(=O)Nc1ccnn1Cc1ccccc1Br. The van der Waals surface area contributed by atoms with Crippen molar-refractivity contribution in [2.45, 2.75) is 33.2 Å². The Labute approximate surface area is 133 Å². The fourth-order valence-corrected chi connectivity index (χ4v) is 2.58. The monoisotopic (exact) mass is 349 g/mol. The lowest BCUT2D eigenvalue weighted by Gasteiger charge is -2.13. The number of benzene rings is 1. The summed E-state index contributed by atoms with van der Waals surface area (Å²) in [5, 5.41) is 7.25. The molecule has 0 spiro atoms. The van der Waals surface area contributed by atoms with Gasteiger partial charge in [0.15, 0.2) is 0 Å². The molecule has 1 amide bonds. The van der Waals surface area contributed by atoms with E-state index >= 15 is 0 Å². The molecule has 5 heteroatoms. The average molecular weight is 350 g/mol. The Balaban J connectivity index is 2.09. The average Bonchev–Trinajstić information content (AvgIpc) is 2.89. The number of aromatic nitrogens is 2. The van der Waals surface area contributed by atoms with Crippen LogP contribution in [0, 0.1) is 5.92 Å². The second-order valence-corrected chi connectivity index (χ2v) is 6.00. The van der Waals surface area contributed by atoms with Crippen molar-refractivity contribution in [3.05, 3.63) is 46.6 Å². The van der Waals surface area contributed by atoms with Crippen LogP contribution in [0.4, 0.5) is 5.82 Å². The Morgan fingerprint density at radius 1 is 1.38 bits per heavy atom. The molecule has 0 aliphatic heterocycles. The van der Waals surface area contributed by atoms with Gasteiger partial charge < -0.3 is 5.32 Å². The predicted octanol–water partition coefficient (Wildman–Crippen LogP) is 4.07. The molecule has 1 N–H and O–H groups in total. The zero-order valence-corrected chi connectivity index (χ0v) is 13.9. The number of hydrogen-bond donors (Lipinski definition) is 1. The van der Waals surface area contributed by atoms with Gasteiger partial charge in [-0.25, -0.2) is 4.68 Å². The zero-order valence-electron chi connectivity index (χ0n) is 12.3. The van der Waals surface area contributed by atoms with E-state index in [-0.39, 0.29) is 11.8 Å². The third-order valence-electron chi connectivity index (χ3n) is 3.42. The summed E-state index contributed by atoms with van der Waals surface area (Å²) >= 11 is 3.53. The first-order chi connectivity index (χ1) is 10.1. The summed E-state index contributed by atoms with van der Waals surface area (Å²) < 4.78 is 2.84. The standard InChI is InChI=1S/C16H20BrN3O/c1-3-6-12(2)16(21)19-15-9-10-18-20(15)11-13-7-4-5-8-14(13)17/h4-5,7-10,12H,3,6,11H2,1-2H3,(H,19,21). The van der Waals surface area contributed by atoms with Crippen molar-refractivity contribution in [1.82, 2.24) is 9.78 Å². The van der Waals surface area contributed by atoms with Gasteiger partial charge in [0, 0.05) is 16.5 Å². The van der Waals surface area contributed by atoms with E-state index in [0.29, 0.717) is 6.54 Å². The van der Waals surface area contributed by atoms with Gasteiger partial charge >= 0.3 is 0 Å². The molecule has 1 atom stereocenters. The highest BCUT2D eigenvalue weighted by Crippen LogP contribution is 2.19. The third kappa shape index (κ3) is 4.17. The van der Waals surface area contributed by atoms with Gasteiger partial charge in [0.1, 0.15) is 5.82 Å². The summed E-state index contributed by atoms with van der Waals surface area (Å²) in [5.41, 5.74) is 1.12. The molecule has 0 aliphatic rings. The highest BCUT2D eigenvalue weighted by atomic mass is 79.9. The van der Waals surface area contributed by atoms with Crippen molar-refractivity contribution in [1.29, 1.82) is 0 Å². The first-order valence-corrected chi connectivity index (χ1v) is 7.97. The zero-order chi connectivity index (χ0) is 15.2. The van der Waals surface area contributed by atoms with E-state index in [1.54, 1.807) is 10.9 Å². The molecule has 112 valence electrons. The minimum atomic E-state index is 0.0156. The largest absolute Gasteiger partial charge is 0.311 e. The molecular formula is C16H20BrN3O. The van der Waals surface area contributed by atoms with Crippen LogP contribution in [0.15, 0.2) is 41.0 Å². The Morgan fingerprint density at radius 3 is 2.86 bits per heavy atom. The molecule has 1 aromatic heterocycles. The number of amides is 1. The number of nitrogens with zero attached hydrogens (tertiary/aromatic N) is 2. The molecule has 2 aromatic rings.